The molecular formula is C16H26N4O2. The van der Waals surface area contributed by atoms with Crippen molar-refractivity contribution in [3.63, 3.8) is 0 Å². The Morgan fingerprint density at radius 2 is 2.00 bits per heavy atom. The summed E-state index contributed by atoms with van der Waals surface area (Å²) < 4.78 is 2.26. The molecule has 22 heavy (non-hydrogen) atoms. The summed E-state index contributed by atoms with van der Waals surface area (Å²) in [5.74, 6) is 3.20. The van der Waals surface area contributed by atoms with E-state index in [9.17, 15) is 10.2 Å². The zero-order valence-corrected chi connectivity index (χ0v) is 13.3. The van der Waals surface area contributed by atoms with Gasteiger partial charge in [-0.1, -0.05) is 0 Å². The van der Waals surface area contributed by atoms with Crippen LogP contribution in [-0.4, -0.2) is 54.7 Å². The monoisotopic (exact) mass is 306 g/mol. The lowest BCUT2D eigenvalue weighted by atomic mass is 9.93. The van der Waals surface area contributed by atoms with E-state index < -0.39 is 11.7 Å². The number of β-amino-alcohol motifs (C(OH)–C–C–N with tert-alkyl or cyclic N) is 1. The highest BCUT2D eigenvalue weighted by molar-refractivity contribution is 5.09. The van der Waals surface area contributed by atoms with Gasteiger partial charge in [-0.05, 0) is 38.5 Å². The van der Waals surface area contributed by atoms with Gasteiger partial charge in [-0.2, -0.15) is 0 Å². The number of aliphatic hydroxyl groups excluding tert-OH is 1. The lowest BCUT2D eigenvalue weighted by Gasteiger charge is -2.32. The van der Waals surface area contributed by atoms with Crippen LogP contribution in [0.2, 0.25) is 0 Å². The van der Waals surface area contributed by atoms with E-state index >= 15 is 0 Å². The van der Waals surface area contributed by atoms with E-state index in [2.05, 4.69) is 19.7 Å². The highest BCUT2D eigenvalue weighted by atomic mass is 16.3. The minimum Gasteiger partial charge on any atom is -0.392 e. The SMILES string of the molecule is CC(O)(CC(O)CN1CCn2c(nnc2C2CC2)C1)C1CC1. The molecule has 2 aliphatic carbocycles. The van der Waals surface area contributed by atoms with Crippen LogP contribution in [0.1, 0.15) is 56.6 Å². The summed E-state index contributed by atoms with van der Waals surface area (Å²) in [5, 5.41) is 29.4. The zero-order chi connectivity index (χ0) is 15.3. The summed E-state index contributed by atoms with van der Waals surface area (Å²) in [4.78, 5) is 2.23. The molecule has 6 heteroatoms. The normalized spacial score (nSPS) is 26.5. The van der Waals surface area contributed by atoms with E-state index in [1.165, 1.54) is 12.8 Å². The molecule has 2 unspecified atom stereocenters. The van der Waals surface area contributed by atoms with Crippen molar-refractivity contribution in [2.24, 2.45) is 5.92 Å². The lowest BCUT2D eigenvalue weighted by molar-refractivity contribution is -0.0245. The van der Waals surface area contributed by atoms with Gasteiger partial charge >= 0.3 is 0 Å². The molecule has 2 atom stereocenters. The van der Waals surface area contributed by atoms with Crippen molar-refractivity contribution < 1.29 is 10.2 Å². The molecule has 1 aromatic heterocycles. The summed E-state index contributed by atoms with van der Waals surface area (Å²) in [6.45, 7) is 5.06. The largest absolute Gasteiger partial charge is 0.392 e. The number of rotatable bonds is 6. The summed E-state index contributed by atoms with van der Waals surface area (Å²) >= 11 is 0. The van der Waals surface area contributed by atoms with E-state index in [1.54, 1.807) is 0 Å². The number of fused-ring (bicyclic) bond motifs is 1. The second-order valence-corrected chi connectivity index (χ2v) is 7.62. The molecule has 0 bridgehead atoms. The van der Waals surface area contributed by atoms with Crippen molar-refractivity contribution in [2.75, 3.05) is 13.1 Å². The van der Waals surface area contributed by atoms with Gasteiger partial charge in [0.25, 0.3) is 0 Å². The maximum Gasteiger partial charge on any atom is 0.147 e. The molecule has 0 amide bonds. The fourth-order valence-electron chi connectivity index (χ4n) is 3.74. The van der Waals surface area contributed by atoms with E-state index in [0.717, 1.165) is 44.1 Å². The Bertz CT molecular complexity index is 548. The second kappa shape index (κ2) is 5.28. The van der Waals surface area contributed by atoms with Crippen LogP contribution in [0.25, 0.3) is 0 Å². The predicted molar refractivity (Wildman–Crippen MR) is 81.2 cm³/mol. The van der Waals surface area contributed by atoms with Crippen LogP contribution < -0.4 is 0 Å². The Morgan fingerprint density at radius 1 is 1.23 bits per heavy atom. The quantitative estimate of drug-likeness (QED) is 0.816. The highest BCUT2D eigenvalue weighted by Gasteiger charge is 2.41. The lowest BCUT2D eigenvalue weighted by Crippen LogP contribution is -2.42. The molecule has 1 aromatic rings. The van der Waals surface area contributed by atoms with Crippen LogP contribution in [0, 0.1) is 5.92 Å². The molecule has 122 valence electrons. The molecule has 2 heterocycles. The molecule has 0 spiro atoms. The molecule has 4 rings (SSSR count). The Kier molecular flexibility index (Phi) is 3.51. The number of hydrogen-bond acceptors (Lipinski definition) is 5. The summed E-state index contributed by atoms with van der Waals surface area (Å²) in [7, 11) is 0. The van der Waals surface area contributed by atoms with Gasteiger partial charge in [0.1, 0.15) is 11.6 Å². The van der Waals surface area contributed by atoms with Crippen molar-refractivity contribution in [3.05, 3.63) is 11.6 Å². The first-order chi connectivity index (χ1) is 10.5. The molecule has 2 N–H and O–H groups in total. The second-order valence-electron chi connectivity index (χ2n) is 7.62. The van der Waals surface area contributed by atoms with Crippen LogP contribution in [0.15, 0.2) is 0 Å². The van der Waals surface area contributed by atoms with Crippen molar-refractivity contribution in [1.29, 1.82) is 0 Å². The molecular weight excluding hydrogens is 280 g/mol. The van der Waals surface area contributed by atoms with Gasteiger partial charge < -0.3 is 14.8 Å². The van der Waals surface area contributed by atoms with Crippen LogP contribution in [-0.2, 0) is 13.1 Å². The summed E-state index contributed by atoms with van der Waals surface area (Å²) in [5.41, 5.74) is -0.714. The molecule has 0 radical (unpaired) electrons. The van der Waals surface area contributed by atoms with Gasteiger partial charge in [0.05, 0.1) is 18.2 Å². The van der Waals surface area contributed by atoms with Crippen molar-refractivity contribution in [1.82, 2.24) is 19.7 Å². The van der Waals surface area contributed by atoms with Gasteiger partial charge in [-0.3, -0.25) is 4.90 Å². The smallest absolute Gasteiger partial charge is 0.147 e. The topological polar surface area (TPSA) is 74.4 Å². The molecule has 6 nitrogen and oxygen atoms in total. The average molecular weight is 306 g/mol. The molecule has 0 aromatic carbocycles. The maximum absolute atomic E-state index is 10.4. The zero-order valence-electron chi connectivity index (χ0n) is 13.3. The van der Waals surface area contributed by atoms with Crippen LogP contribution in [0.5, 0.6) is 0 Å². The first kappa shape index (κ1) is 14.6. The van der Waals surface area contributed by atoms with Crippen molar-refractivity contribution in [3.8, 4) is 0 Å². The van der Waals surface area contributed by atoms with Gasteiger partial charge in [0.2, 0.25) is 0 Å². The third-order valence-corrected chi connectivity index (χ3v) is 5.38. The molecule has 1 aliphatic heterocycles. The Labute approximate surface area is 131 Å². The van der Waals surface area contributed by atoms with Crippen LogP contribution in [0.4, 0.5) is 0 Å². The first-order valence-corrected chi connectivity index (χ1v) is 8.58. The van der Waals surface area contributed by atoms with E-state index in [1.807, 2.05) is 6.92 Å². The minimum atomic E-state index is -0.714. The number of aliphatic hydroxyl groups is 2. The molecule has 0 saturated heterocycles. The fraction of sp³-hybridized carbons (Fsp3) is 0.875. The predicted octanol–water partition coefficient (Wildman–Crippen LogP) is 0.883. The minimum absolute atomic E-state index is 0.382. The Hall–Kier alpha value is -0.980. The first-order valence-electron chi connectivity index (χ1n) is 8.58. The van der Waals surface area contributed by atoms with Crippen LogP contribution >= 0.6 is 0 Å². The third-order valence-electron chi connectivity index (χ3n) is 5.38. The van der Waals surface area contributed by atoms with E-state index in [0.29, 0.717) is 24.8 Å². The fourth-order valence-corrected chi connectivity index (χ4v) is 3.74. The van der Waals surface area contributed by atoms with Gasteiger partial charge in [-0.25, -0.2) is 0 Å². The number of aromatic nitrogens is 3. The van der Waals surface area contributed by atoms with Crippen LogP contribution in [0.3, 0.4) is 0 Å². The molecule has 3 aliphatic rings. The summed E-state index contributed by atoms with van der Waals surface area (Å²) in [6, 6.07) is 0. The van der Waals surface area contributed by atoms with Gasteiger partial charge in [0.15, 0.2) is 0 Å². The Morgan fingerprint density at radius 3 is 2.68 bits per heavy atom. The summed E-state index contributed by atoms with van der Waals surface area (Å²) in [6.07, 6.45) is 4.67. The highest BCUT2D eigenvalue weighted by Crippen LogP contribution is 2.42. The maximum atomic E-state index is 10.4. The standard InChI is InChI=1S/C16H26N4O2/c1-16(22,12-4-5-12)8-13(21)9-19-6-7-20-14(10-19)17-18-15(20)11-2-3-11/h11-13,21-22H,2-10H2,1H3. The van der Waals surface area contributed by atoms with Crippen molar-refractivity contribution in [2.45, 2.75) is 69.7 Å². The van der Waals surface area contributed by atoms with E-state index in [-0.39, 0.29) is 0 Å². The molecule has 2 saturated carbocycles. The van der Waals surface area contributed by atoms with Crippen molar-refractivity contribution >= 4 is 0 Å². The molecule has 2 fully saturated rings. The van der Waals surface area contributed by atoms with E-state index in [4.69, 9.17) is 0 Å². The Balaban J connectivity index is 1.34. The number of nitrogens with zero attached hydrogens (tertiary/aromatic N) is 4. The third kappa shape index (κ3) is 2.92. The van der Waals surface area contributed by atoms with Gasteiger partial charge in [-0.15, -0.1) is 10.2 Å². The average Bonchev–Trinajstić information content (AvgIpc) is 3.33. The van der Waals surface area contributed by atoms with Gasteiger partial charge in [0, 0.05) is 32.0 Å². The number of hydrogen-bond donors (Lipinski definition) is 2.